The maximum Gasteiger partial charge on any atom is 0.308 e. The number of carbonyl (C=O) groups excluding carboxylic acids is 1. The van der Waals surface area contributed by atoms with E-state index >= 15 is 0 Å². The van der Waals surface area contributed by atoms with E-state index in [1.807, 2.05) is 19.1 Å². The molecule has 1 aromatic heterocycles. The summed E-state index contributed by atoms with van der Waals surface area (Å²) in [6, 6.07) is 4.56. The standard InChI is InChI=1S/C15H23NO3/c1-11-4-9-14(19-11)10-16(2)13-7-5-12(6-8-13)15(17)18-3/h4,9,12-13H,5-8,10H2,1-3H3. The van der Waals surface area contributed by atoms with Crippen LogP contribution in [0.3, 0.4) is 0 Å². The maximum atomic E-state index is 11.5. The first-order valence-corrected chi connectivity index (χ1v) is 6.93. The second-order valence-corrected chi connectivity index (χ2v) is 5.46. The molecule has 0 N–H and O–H groups in total. The van der Waals surface area contributed by atoms with Crippen molar-refractivity contribution in [2.24, 2.45) is 5.92 Å². The molecule has 1 aromatic rings. The fourth-order valence-electron chi connectivity index (χ4n) is 2.86. The van der Waals surface area contributed by atoms with E-state index in [0.29, 0.717) is 6.04 Å². The number of aryl methyl sites for hydroxylation is 1. The van der Waals surface area contributed by atoms with Crippen LogP contribution in [0.25, 0.3) is 0 Å². The molecule has 4 nitrogen and oxygen atoms in total. The summed E-state index contributed by atoms with van der Waals surface area (Å²) in [5.74, 6) is 2.01. The second kappa shape index (κ2) is 6.24. The number of nitrogens with zero attached hydrogens (tertiary/aromatic N) is 1. The Hall–Kier alpha value is -1.29. The van der Waals surface area contributed by atoms with Crippen molar-refractivity contribution in [2.45, 2.75) is 45.2 Å². The molecular formula is C15H23NO3. The van der Waals surface area contributed by atoms with Crippen molar-refractivity contribution in [2.75, 3.05) is 14.2 Å². The molecule has 0 unspecified atom stereocenters. The Bertz CT molecular complexity index is 419. The maximum absolute atomic E-state index is 11.5. The van der Waals surface area contributed by atoms with E-state index in [4.69, 9.17) is 9.15 Å². The van der Waals surface area contributed by atoms with Gasteiger partial charge in [0.2, 0.25) is 0 Å². The van der Waals surface area contributed by atoms with Gasteiger partial charge in [-0.2, -0.15) is 0 Å². The zero-order valence-corrected chi connectivity index (χ0v) is 12.0. The molecular weight excluding hydrogens is 242 g/mol. The third-order valence-electron chi connectivity index (χ3n) is 4.06. The summed E-state index contributed by atoms with van der Waals surface area (Å²) in [5, 5.41) is 0. The first kappa shape index (κ1) is 14.1. The predicted molar refractivity (Wildman–Crippen MR) is 72.7 cm³/mol. The van der Waals surface area contributed by atoms with Crippen molar-refractivity contribution < 1.29 is 13.9 Å². The monoisotopic (exact) mass is 265 g/mol. The molecule has 2 rings (SSSR count). The van der Waals surface area contributed by atoms with Crippen LogP contribution in [0.4, 0.5) is 0 Å². The Morgan fingerprint density at radius 1 is 1.37 bits per heavy atom. The number of ether oxygens (including phenoxy) is 1. The van der Waals surface area contributed by atoms with Crippen LogP contribution in [0.5, 0.6) is 0 Å². The first-order valence-electron chi connectivity index (χ1n) is 6.93. The molecule has 1 aliphatic carbocycles. The van der Waals surface area contributed by atoms with E-state index in [-0.39, 0.29) is 11.9 Å². The molecule has 0 aromatic carbocycles. The van der Waals surface area contributed by atoms with Crippen LogP contribution < -0.4 is 0 Å². The zero-order valence-electron chi connectivity index (χ0n) is 12.0. The van der Waals surface area contributed by atoms with Crippen molar-refractivity contribution in [1.82, 2.24) is 4.90 Å². The average molecular weight is 265 g/mol. The van der Waals surface area contributed by atoms with E-state index in [1.54, 1.807) is 0 Å². The number of hydrogen-bond donors (Lipinski definition) is 0. The lowest BCUT2D eigenvalue weighted by Crippen LogP contribution is -2.36. The molecule has 19 heavy (non-hydrogen) atoms. The van der Waals surface area contributed by atoms with Crippen molar-refractivity contribution in [3.05, 3.63) is 23.7 Å². The van der Waals surface area contributed by atoms with E-state index in [2.05, 4.69) is 11.9 Å². The van der Waals surface area contributed by atoms with E-state index in [0.717, 1.165) is 43.7 Å². The molecule has 0 bridgehead atoms. The quantitative estimate of drug-likeness (QED) is 0.785. The molecule has 1 aliphatic rings. The minimum absolute atomic E-state index is 0.0530. The van der Waals surface area contributed by atoms with E-state index < -0.39 is 0 Å². The number of furan rings is 1. The van der Waals surface area contributed by atoms with E-state index in [9.17, 15) is 4.79 Å². The Kier molecular flexibility index (Phi) is 4.64. The fourth-order valence-corrected chi connectivity index (χ4v) is 2.86. The predicted octanol–water partition coefficient (Wildman–Crippen LogP) is 2.75. The largest absolute Gasteiger partial charge is 0.469 e. The fraction of sp³-hybridized carbons (Fsp3) is 0.667. The second-order valence-electron chi connectivity index (χ2n) is 5.46. The lowest BCUT2D eigenvalue weighted by molar-refractivity contribution is -0.146. The average Bonchev–Trinajstić information content (AvgIpc) is 2.83. The Balaban J connectivity index is 1.82. The Morgan fingerprint density at radius 3 is 2.58 bits per heavy atom. The first-order chi connectivity index (χ1) is 9.10. The molecule has 1 saturated carbocycles. The molecule has 0 spiro atoms. The lowest BCUT2D eigenvalue weighted by Gasteiger charge is -2.33. The molecule has 0 aliphatic heterocycles. The minimum Gasteiger partial charge on any atom is -0.469 e. The summed E-state index contributed by atoms with van der Waals surface area (Å²) < 4.78 is 10.4. The van der Waals surface area contributed by atoms with Crippen molar-refractivity contribution in [3.63, 3.8) is 0 Å². The van der Waals surface area contributed by atoms with Crippen molar-refractivity contribution in [3.8, 4) is 0 Å². The van der Waals surface area contributed by atoms with Crippen LogP contribution in [-0.4, -0.2) is 31.1 Å². The van der Waals surface area contributed by atoms with Gasteiger partial charge in [0.15, 0.2) is 0 Å². The topological polar surface area (TPSA) is 42.7 Å². The van der Waals surface area contributed by atoms with Gasteiger partial charge in [-0.3, -0.25) is 9.69 Å². The normalized spacial score (nSPS) is 23.6. The smallest absolute Gasteiger partial charge is 0.308 e. The zero-order chi connectivity index (χ0) is 13.8. The molecule has 0 amide bonds. The van der Waals surface area contributed by atoms with Gasteiger partial charge in [0.1, 0.15) is 11.5 Å². The van der Waals surface area contributed by atoms with Gasteiger partial charge in [0.25, 0.3) is 0 Å². The summed E-state index contributed by atoms with van der Waals surface area (Å²) >= 11 is 0. The van der Waals surface area contributed by atoms with Gasteiger partial charge in [-0.15, -0.1) is 0 Å². The molecule has 1 heterocycles. The van der Waals surface area contributed by atoms with Crippen molar-refractivity contribution in [1.29, 1.82) is 0 Å². The summed E-state index contributed by atoms with van der Waals surface area (Å²) in [7, 11) is 3.60. The van der Waals surface area contributed by atoms with Gasteiger partial charge in [-0.05, 0) is 51.8 Å². The third kappa shape index (κ3) is 3.60. The molecule has 0 saturated heterocycles. The summed E-state index contributed by atoms with van der Waals surface area (Å²) in [6.45, 7) is 2.80. The molecule has 1 fully saturated rings. The molecule has 0 radical (unpaired) electrons. The van der Waals surface area contributed by atoms with Crippen LogP contribution in [0.2, 0.25) is 0 Å². The number of hydrogen-bond acceptors (Lipinski definition) is 4. The number of carbonyl (C=O) groups is 1. The third-order valence-corrected chi connectivity index (χ3v) is 4.06. The minimum atomic E-state index is -0.0530. The lowest BCUT2D eigenvalue weighted by atomic mass is 9.85. The SMILES string of the molecule is COC(=O)C1CCC(N(C)Cc2ccc(C)o2)CC1. The van der Waals surface area contributed by atoms with Crippen LogP contribution in [-0.2, 0) is 16.1 Å². The van der Waals surface area contributed by atoms with E-state index in [1.165, 1.54) is 7.11 Å². The van der Waals surface area contributed by atoms with Crippen LogP contribution >= 0.6 is 0 Å². The number of esters is 1. The molecule has 0 atom stereocenters. The van der Waals surface area contributed by atoms with Crippen molar-refractivity contribution >= 4 is 5.97 Å². The summed E-state index contributed by atoms with van der Waals surface area (Å²) in [5.41, 5.74) is 0. The van der Waals surface area contributed by atoms with Gasteiger partial charge < -0.3 is 9.15 Å². The molecule has 106 valence electrons. The highest BCUT2D eigenvalue weighted by Crippen LogP contribution is 2.28. The Labute approximate surface area is 114 Å². The van der Waals surface area contributed by atoms with Gasteiger partial charge >= 0.3 is 5.97 Å². The highest BCUT2D eigenvalue weighted by molar-refractivity contribution is 5.72. The number of methoxy groups -OCH3 is 1. The van der Waals surface area contributed by atoms with Gasteiger partial charge in [-0.1, -0.05) is 0 Å². The highest BCUT2D eigenvalue weighted by atomic mass is 16.5. The van der Waals surface area contributed by atoms with Crippen LogP contribution in [0, 0.1) is 12.8 Å². The number of rotatable bonds is 4. The highest BCUT2D eigenvalue weighted by Gasteiger charge is 2.28. The van der Waals surface area contributed by atoms with Gasteiger partial charge in [0, 0.05) is 6.04 Å². The molecule has 4 heteroatoms. The van der Waals surface area contributed by atoms with Gasteiger partial charge in [-0.25, -0.2) is 0 Å². The van der Waals surface area contributed by atoms with Gasteiger partial charge in [0.05, 0.1) is 19.6 Å². The summed E-state index contributed by atoms with van der Waals surface area (Å²) in [4.78, 5) is 13.8. The van der Waals surface area contributed by atoms with Crippen LogP contribution in [0.15, 0.2) is 16.5 Å². The Morgan fingerprint density at radius 2 is 2.05 bits per heavy atom. The van der Waals surface area contributed by atoms with Crippen LogP contribution in [0.1, 0.15) is 37.2 Å². The summed E-state index contributed by atoms with van der Waals surface area (Å²) in [6.07, 6.45) is 3.96.